The highest BCUT2D eigenvalue weighted by Gasteiger charge is 2.34. The summed E-state index contributed by atoms with van der Waals surface area (Å²) in [5.74, 6) is -0.267. The van der Waals surface area contributed by atoms with Gasteiger partial charge in [0.15, 0.2) is 0 Å². The minimum absolute atomic E-state index is 0.0138. The van der Waals surface area contributed by atoms with E-state index in [1.165, 1.54) is 35.2 Å². The Balaban J connectivity index is 2.08. The first-order valence-electron chi connectivity index (χ1n) is 12.7. The van der Waals surface area contributed by atoms with Crippen LogP contribution < -0.4 is 14.4 Å². The SMILES string of the molecule is CC[C@@H](C(=O)NC(C)C)N(Cc1ccc(OC)cc1)C(=O)CN(c1ccc(Cl)cc1Cl)S(=O)(=O)c1ccccc1. The van der Waals surface area contributed by atoms with Crippen molar-refractivity contribution in [3.8, 4) is 5.75 Å². The summed E-state index contributed by atoms with van der Waals surface area (Å²) in [6.45, 7) is 4.93. The number of anilines is 1. The van der Waals surface area contributed by atoms with Crippen molar-refractivity contribution >= 4 is 50.7 Å². The van der Waals surface area contributed by atoms with E-state index in [1.54, 1.807) is 56.5 Å². The van der Waals surface area contributed by atoms with Crippen molar-refractivity contribution in [1.82, 2.24) is 10.2 Å². The largest absolute Gasteiger partial charge is 0.497 e. The summed E-state index contributed by atoms with van der Waals surface area (Å²) >= 11 is 12.5. The lowest BCUT2D eigenvalue weighted by Crippen LogP contribution is -2.53. The van der Waals surface area contributed by atoms with Crippen molar-refractivity contribution in [3.63, 3.8) is 0 Å². The number of amides is 2. The van der Waals surface area contributed by atoms with Gasteiger partial charge < -0.3 is 15.0 Å². The van der Waals surface area contributed by atoms with Gasteiger partial charge in [0.05, 0.1) is 22.7 Å². The van der Waals surface area contributed by atoms with Crippen LogP contribution in [0.4, 0.5) is 5.69 Å². The summed E-state index contributed by atoms with van der Waals surface area (Å²) in [5.41, 5.74) is 0.833. The van der Waals surface area contributed by atoms with E-state index in [2.05, 4.69) is 5.32 Å². The monoisotopic (exact) mass is 605 g/mol. The molecule has 8 nitrogen and oxygen atoms in total. The lowest BCUT2D eigenvalue weighted by molar-refractivity contribution is -0.140. The van der Waals surface area contributed by atoms with Crippen LogP contribution in [0.1, 0.15) is 32.8 Å². The fraction of sp³-hybridized carbons (Fsp3) is 0.310. The highest BCUT2D eigenvalue weighted by molar-refractivity contribution is 7.92. The third kappa shape index (κ3) is 7.68. The van der Waals surface area contributed by atoms with E-state index in [4.69, 9.17) is 27.9 Å². The summed E-state index contributed by atoms with van der Waals surface area (Å²) in [6, 6.07) is 18.2. The van der Waals surface area contributed by atoms with Gasteiger partial charge in [0.2, 0.25) is 11.8 Å². The molecule has 0 aliphatic heterocycles. The highest BCUT2D eigenvalue weighted by atomic mass is 35.5. The Morgan fingerprint density at radius 3 is 2.17 bits per heavy atom. The van der Waals surface area contributed by atoms with Gasteiger partial charge in [0.25, 0.3) is 10.0 Å². The lowest BCUT2D eigenvalue weighted by Gasteiger charge is -2.33. The van der Waals surface area contributed by atoms with Crippen LogP contribution in [0.2, 0.25) is 10.0 Å². The maximum atomic E-state index is 14.0. The van der Waals surface area contributed by atoms with Gasteiger partial charge in [-0.05, 0) is 68.3 Å². The molecule has 0 fully saturated rings. The molecule has 0 heterocycles. The Morgan fingerprint density at radius 2 is 1.62 bits per heavy atom. The van der Waals surface area contributed by atoms with E-state index in [0.717, 1.165) is 9.87 Å². The predicted molar refractivity (Wildman–Crippen MR) is 158 cm³/mol. The average molecular weight is 607 g/mol. The third-order valence-corrected chi connectivity index (χ3v) is 8.43. The van der Waals surface area contributed by atoms with E-state index >= 15 is 0 Å². The molecular weight excluding hydrogens is 573 g/mol. The van der Waals surface area contributed by atoms with Crippen LogP contribution >= 0.6 is 23.2 Å². The fourth-order valence-electron chi connectivity index (χ4n) is 4.14. The molecule has 40 heavy (non-hydrogen) atoms. The number of methoxy groups -OCH3 is 1. The maximum Gasteiger partial charge on any atom is 0.264 e. The van der Waals surface area contributed by atoms with Crippen LogP contribution in [0.5, 0.6) is 5.75 Å². The topological polar surface area (TPSA) is 96.0 Å². The number of nitrogens with one attached hydrogen (secondary N) is 1. The molecule has 0 aromatic heterocycles. The second-order valence-corrected chi connectivity index (χ2v) is 12.1. The predicted octanol–water partition coefficient (Wildman–Crippen LogP) is 5.53. The smallest absolute Gasteiger partial charge is 0.264 e. The number of carbonyl (C=O) groups is 2. The molecule has 11 heteroatoms. The van der Waals surface area contributed by atoms with Gasteiger partial charge >= 0.3 is 0 Å². The van der Waals surface area contributed by atoms with Crippen LogP contribution in [0.15, 0.2) is 77.7 Å². The molecule has 0 aliphatic carbocycles. The second kappa shape index (κ2) is 13.9. The van der Waals surface area contributed by atoms with Gasteiger partial charge in [0, 0.05) is 17.6 Å². The Labute approximate surface area is 245 Å². The van der Waals surface area contributed by atoms with Gasteiger partial charge in [-0.15, -0.1) is 0 Å². The van der Waals surface area contributed by atoms with E-state index in [-0.39, 0.29) is 34.1 Å². The minimum Gasteiger partial charge on any atom is -0.497 e. The lowest BCUT2D eigenvalue weighted by atomic mass is 10.1. The van der Waals surface area contributed by atoms with Crippen LogP contribution in [0.25, 0.3) is 0 Å². The zero-order valence-corrected chi connectivity index (χ0v) is 25.1. The Morgan fingerprint density at radius 1 is 0.975 bits per heavy atom. The van der Waals surface area contributed by atoms with Crippen molar-refractivity contribution in [2.24, 2.45) is 0 Å². The van der Waals surface area contributed by atoms with Crippen molar-refractivity contribution in [3.05, 3.63) is 88.4 Å². The molecule has 0 saturated heterocycles. The number of nitrogens with zero attached hydrogens (tertiary/aromatic N) is 2. The number of rotatable bonds is 12. The van der Waals surface area contributed by atoms with Gasteiger partial charge in [-0.25, -0.2) is 8.42 Å². The maximum absolute atomic E-state index is 14.0. The molecule has 3 rings (SSSR count). The van der Waals surface area contributed by atoms with E-state index in [0.29, 0.717) is 17.2 Å². The number of halogens is 2. The molecule has 3 aromatic rings. The van der Waals surface area contributed by atoms with Crippen LogP contribution in [0, 0.1) is 0 Å². The molecule has 0 bridgehead atoms. The zero-order chi connectivity index (χ0) is 29.4. The number of ether oxygens (including phenoxy) is 1. The summed E-state index contributed by atoms with van der Waals surface area (Å²) < 4.78 is 33.9. The van der Waals surface area contributed by atoms with Gasteiger partial charge in [-0.2, -0.15) is 0 Å². The average Bonchev–Trinajstić information content (AvgIpc) is 2.92. The number of sulfonamides is 1. The van der Waals surface area contributed by atoms with Crippen molar-refractivity contribution < 1.29 is 22.7 Å². The molecule has 0 radical (unpaired) electrons. The zero-order valence-electron chi connectivity index (χ0n) is 22.8. The molecule has 1 N–H and O–H groups in total. The first kappa shape index (κ1) is 31.3. The van der Waals surface area contributed by atoms with E-state index in [9.17, 15) is 18.0 Å². The molecule has 1 atom stereocenters. The number of hydrogen-bond acceptors (Lipinski definition) is 5. The number of benzene rings is 3. The van der Waals surface area contributed by atoms with E-state index < -0.39 is 28.5 Å². The van der Waals surface area contributed by atoms with Gasteiger partial charge in [-0.1, -0.05) is 60.5 Å². The summed E-state index contributed by atoms with van der Waals surface area (Å²) in [7, 11) is -2.68. The van der Waals surface area contributed by atoms with E-state index in [1.807, 2.05) is 13.8 Å². The molecule has 3 aromatic carbocycles. The van der Waals surface area contributed by atoms with Crippen LogP contribution in [0.3, 0.4) is 0 Å². The number of hydrogen-bond donors (Lipinski definition) is 1. The Hall–Kier alpha value is -3.27. The van der Waals surface area contributed by atoms with Gasteiger partial charge in [0.1, 0.15) is 18.3 Å². The standard InChI is InChI=1S/C29H33Cl2N3O5S/c1-5-26(29(36)32-20(2)3)33(18-21-11-14-23(39-4)15-12-21)28(35)19-34(27-16-13-22(30)17-25(27)31)40(37,38)24-9-7-6-8-10-24/h6-17,20,26H,5,18-19H2,1-4H3,(H,32,36)/t26-/m0/s1. The number of carbonyl (C=O) groups excluding carboxylic acids is 2. The fourth-order valence-corrected chi connectivity index (χ4v) is 6.16. The second-order valence-electron chi connectivity index (χ2n) is 9.38. The molecule has 0 aliphatic rings. The molecule has 214 valence electrons. The normalized spacial score (nSPS) is 12.1. The van der Waals surface area contributed by atoms with Crippen LogP contribution in [-0.2, 0) is 26.2 Å². The Bertz CT molecular complexity index is 1420. The quantitative estimate of drug-likeness (QED) is 0.293. The summed E-state index contributed by atoms with van der Waals surface area (Å²) in [4.78, 5) is 28.6. The van der Waals surface area contributed by atoms with Crippen molar-refractivity contribution in [2.45, 2.75) is 50.7 Å². The first-order chi connectivity index (χ1) is 19.0. The summed E-state index contributed by atoms with van der Waals surface area (Å²) in [6.07, 6.45) is 0.313. The molecular formula is C29H33Cl2N3O5S. The summed E-state index contributed by atoms with van der Waals surface area (Å²) in [5, 5.41) is 3.24. The van der Waals surface area contributed by atoms with Crippen LogP contribution in [-0.4, -0.2) is 50.9 Å². The molecule has 0 saturated carbocycles. The van der Waals surface area contributed by atoms with Gasteiger partial charge in [-0.3, -0.25) is 13.9 Å². The molecule has 0 spiro atoms. The van der Waals surface area contributed by atoms with Crippen molar-refractivity contribution in [1.29, 1.82) is 0 Å². The van der Waals surface area contributed by atoms with Crippen molar-refractivity contribution in [2.75, 3.05) is 18.0 Å². The first-order valence-corrected chi connectivity index (χ1v) is 14.9. The third-order valence-electron chi connectivity index (χ3n) is 6.12. The minimum atomic E-state index is -4.23. The molecule has 2 amide bonds. The molecule has 0 unspecified atom stereocenters. The highest BCUT2D eigenvalue weighted by Crippen LogP contribution is 2.33. The Kier molecular flexibility index (Phi) is 10.8.